The molecule has 0 atom stereocenters. The standard InChI is InChI=1S/C27H27N3O3S/c1-15-12-16(2)23-21(13-15)29-25(33-23)20-11-10-19(14-22(20)31)28-26(34)30-24(32)17-6-8-18(9-7-17)27(3,4)5/h6-14,31H,1-5H3,(H2,28,30,32,34). The molecule has 0 bridgehead atoms. The minimum atomic E-state index is -0.309. The predicted octanol–water partition coefficient (Wildman–Crippen LogP) is 6.24. The zero-order valence-electron chi connectivity index (χ0n) is 19.8. The lowest BCUT2D eigenvalue weighted by molar-refractivity contribution is 0.0977. The molecule has 6 nitrogen and oxygen atoms in total. The van der Waals surface area contributed by atoms with E-state index < -0.39 is 0 Å². The molecular weight excluding hydrogens is 446 g/mol. The maximum Gasteiger partial charge on any atom is 0.257 e. The van der Waals surface area contributed by atoms with E-state index in [0.29, 0.717) is 28.3 Å². The number of carbonyl (C=O) groups is 1. The van der Waals surface area contributed by atoms with E-state index in [1.54, 1.807) is 24.3 Å². The Kier molecular flexibility index (Phi) is 6.15. The van der Waals surface area contributed by atoms with Crippen LogP contribution in [-0.4, -0.2) is 21.1 Å². The van der Waals surface area contributed by atoms with Gasteiger partial charge in [0.1, 0.15) is 11.3 Å². The van der Waals surface area contributed by atoms with E-state index in [0.717, 1.165) is 22.2 Å². The second-order valence-electron chi connectivity index (χ2n) is 9.42. The Balaban J connectivity index is 1.46. The molecule has 4 aromatic rings. The average molecular weight is 474 g/mol. The van der Waals surface area contributed by atoms with Gasteiger partial charge in [-0.3, -0.25) is 10.1 Å². The van der Waals surface area contributed by atoms with Gasteiger partial charge < -0.3 is 14.8 Å². The summed E-state index contributed by atoms with van der Waals surface area (Å²) in [6.07, 6.45) is 0. The van der Waals surface area contributed by atoms with Crippen molar-refractivity contribution in [1.29, 1.82) is 0 Å². The predicted molar refractivity (Wildman–Crippen MR) is 139 cm³/mol. The second-order valence-corrected chi connectivity index (χ2v) is 9.82. The van der Waals surface area contributed by atoms with Gasteiger partial charge in [0, 0.05) is 17.3 Å². The molecule has 0 aliphatic carbocycles. The van der Waals surface area contributed by atoms with E-state index >= 15 is 0 Å². The van der Waals surface area contributed by atoms with Crippen LogP contribution < -0.4 is 10.6 Å². The van der Waals surface area contributed by atoms with Crippen LogP contribution in [0.25, 0.3) is 22.6 Å². The summed E-state index contributed by atoms with van der Waals surface area (Å²) in [5.41, 5.74) is 6.17. The highest BCUT2D eigenvalue weighted by Gasteiger charge is 2.16. The molecule has 3 aromatic carbocycles. The summed E-state index contributed by atoms with van der Waals surface area (Å²) in [6, 6.07) is 16.4. The molecule has 0 saturated heterocycles. The Bertz CT molecular complexity index is 1400. The smallest absolute Gasteiger partial charge is 0.257 e. The van der Waals surface area contributed by atoms with Gasteiger partial charge in [-0.25, -0.2) is 4.98 Å². The van der Waals surface area contributed by atoms with Crippen LogP contribution in [0, 0.1) is 13.8 Å². The first kappa shape index (κ1) is 23.4. The lowest BCUT2D eigenvalue weighted by atomic mass is 9.87. The number of oxazole rings is 1. The van der Waals surface area contributed by atoms with Gasteiger partial charge >= 0.3 is 0 Å². The molecule has 0 saturated carbocycles. The monoisotopic (exact) mass is 473 g/mol. The molecule has 1 amide bonds. The van der Waals surface area contributed by atoms with Gasteiger partial charge in [-0.05, 0) is 78.5 Å². The van der Waals surface area contributed by atoms with Gasteiger partial charge in [0.25, 0.3) is 5.91 Å². The van der Waals surface area contributed by atoms with Crippen molar-refractivity contribution in [2.24, 2.45) is 0 Å². The van der Waals surface area contributed by atoms with Gasteiger partial charge in [0.2, 0.25) is 5.89 Å². The molecule has 0 unspecified atom stereocenters. The molecular formula is C27H27N3O3S. The summed E-state index contributed by atoms with van der Waals surface area (Å²) in [5, 5.41) is 16.3. The fourth-order valence-electron chi connectivity index (χ4n) is 3.74. The van der Waals surface area contributed by atoms with Crippen LogP contribution in [0.3, 0.4) is 0 Å². The normalized spacial score (nSPS) is 11.4. The lowest BCUT2D eigenvalue weighted by Crippen LogP contribution is -2.34. The number of aromatic nitrogens is 1. The van der Waals surface area contributed by atoms with E-state index in [9.17, 15) is 9.90 Å². The minimum absolute atomic E-state index is 0.00961. The van der Waals surface area contributed by atoms with E-state index in [1.165, 1.54) is 6.07 Å². The summed E-state index contributed by atoms with van der Waals surface area (Å²) >= 11 is 5.28. The summed E-state index contributed by atoms with van der Waals surface area (Å²) < 4.78 is 5.90. The quantitative estimate of drug-likeness (QED) is 0.305. The van der Waals surface area contributed by atoms with Gasteiger partial charge in [0.05, 0.1) is 5.56 Å². The topological polar surface area (TPSA) is 87.4 Å². The number of nitrogens with one attached hydrogen (secondary N) is 2. The molecule has 0 aliphatic rings. The van der Waals surface area contributed by atoms with Crippen LogP contribution in [0.2, 0.25) is 0 Å². The summed E-state index contributed by atoms with van der Waals surface area (Å²) in [7, 11) is 0. The molecule has 1 aromatic heterocycles. The Morgan fingerprint density at radius 3 is 2.38 bits per heavy atom. The number of rotatable bonds is 3. The third-order valence-electron chi connectivity index (χ3n) is 5.55. The first-order chi connectivity index (χ1) is 16.0. The summed E-state index contributed by atoms with van der Waals surface area (Å²) in [5.74, 6) is 0.0103. The zero-order valence-corrected chi connectivity index (χ0v) is 20.6. The van der Waals surface area contributed by atoms with Crippen molar-refractivity contribution in [3.05, 3.63) is 76.9 Å². The highest BCUT2D eigenvalue weighted by molar-refractivity contribution is 7.80. The van der Waals surface area contributed by atoms with Crippen LogP contribution in [0.1, 0.15) is 47.8 Å². The number of aryl methyl sites for hydroxylation is 2. The highest BCUT2D eigenvalue weighted by atomic mass is 32.1. The molecule has 4 rings (SSSR count). The van der Waals surface area contributed by atoms with Crippen molar-refractivity contribution >= 4 is 40.0 Å². The van der Waals surface area contributed by atoms with E-state index in [-0.39, 0.29) is 22.2 Å². The third kappa shape index (κ3) is 4.94. The maximum atomic E-state index is 12.5. The van der Waals surface area contributed by atoms with Gasteiger partial charge in [0.15, 0.2) is 10.7 Å². The van der Waals surface area contributed by atoms with Crippen LogP contribution >= 0.6 is 12.2 Å². The first-order valence-corrected chi connectivity index (χ1v) is 11.4. The fourth-order valence-corrected chi connectivity index (χ4v) is 3.95. The number of aromatic hydroxyl groups is 1. The largest absolute Gasteiger partial charge is 0.507 e. The van der Waals surface area contributed by atoms with Crippen LogP contribution in [-0.2, 0) is 5.41 Å². The van der Waals surface area contributed by atoms with Crippen molar-refractivity contribution in [2.45, 2.75) is 40.0 Å². The number of hydrogen-bond acceptors (Lipinski definition) is 5. The molecule has 0 aliphatic heterocycles. The van der Waals surface area contributed by atoms with Crippen molar-refractivity contribution in [1.82, 2.24) is 10.3 Å². The Labute approximate surface area is 204 Å². The average Bonchev–Trinajstić information content (AvgIpc) is 3.17. The number of thiocarbonyl (C=S) groups is 1. The molecule has 0 spiro atoms. The summed E-state index contributed by atoms with van der Waals surface area (Å²) in [4.78, 5) is 17.1. The molecule has 3 N–H and O–H groups in total. The number of nitrogens with zero attached hydrogens (tertiary/aromatic N) is 1. The number of fused-ring (bicyclic) bond motifs is 1. The SMILES string of the molecule is Cc1cc(C)c2oc(-c3ccc(NC(=S)NC(=O)c4ccc(C(C)(C)C)cc4)cc3O)nc2c1. The molecule has 174 valence electrons. The first-order valence-electron chi connectivity index (χ1n) is 11.0. The zero-order chi connectivity index (χ0) is 24.6. The molecule has 0 radical (unpaired) electrons. The Morgan fingerprint density at radius 1 is 1.03 bits per heavy atom. The third-order valence-corrected chi connectivity index (χ3v) is 5.75. The van der Waals surface area contributed by atoms with Crippen LogP contribution in [0.15, 0.2) is 59.0 Å². The maximum absolute atomic E-state index is 12.5. The number of benzene rings is 3. The molecule has 7 heteroatoms. The Hall–Kier alpha value is -3.71. The van der Waals surface area contributed by atoms with Crippen molar-refractivity contribution in [2.75, 3.05) is 5.32 Å². The van der Waals surface area contributed by atoms with Gasteiger partial charge in [-0.2, -0.15) is 0 Å². The number of phenolic OH excluding ortho intramolecular Hbond substituents is 1. The van der Waals surface area contributed by atoms with Gasteiger partial charge in [-0.15, -0.1) is 0 Å². The minimum Gasteiger partial charge on any atom is -0.507 e. The summed E-state index contributed by atoms with van der Waals surface area (Å²) in [6.45, 7) is 10.3. The highest BCUT2D eigenvalue weighted by Crippen LogP contribution is 2.34. The van der Waals surface area contributed by atoms with Crippen LogP contribution in [0.4, 0.5) is 5.69 Å². The van der Waals surface area contributed by atoms with Crippen molar-refractivity contribution < 1.29 is 14.3 Å². The number of phenols is 1. The molecule has 1 heterocycles. The van der Waals surface area contributed by atoms with Crippen molar-refractivity contribution in [3.8, 4) is 17.2 Å². The van der Waals surface area contributed by atoms with Crippen molar-refractivity contribution in [3.63, 3.8) is 0 Å². The number of amides is 1. The second kappa shape index (κ2) is 8.91. The molecule has 34 heavy (non-hydrogen) atoms. The molecule has 0 fully saturated rings. The van der Waals surface area contributed by atoms with Crippen LogP contribution in [0.5, 0.6) is 5.75 Å². The lowest BCUT2D eigenvalue weighted by Gasteiger charge is -2.19. The van der Waals surface area contributed by atoms with Gasteiger partial charge in [-0.1, -0.05) is 39.0 Å². The van der Waals surface area contributed by atoms with E-state index in [2.05, 4.69) is 36.4 Å². The number of hydrogen-bond donors (Lipinski definition) is 3. The fraction of sp³-hybridized carbons (Fsp3) is 0.222. The number of carbonyl (C=O) groups excluding carboxylic acids is 1. The number of anilines is 1. The van der Waals surface area contributed by atoms with E-state index in [4.69, 9.17) is 16.6 Å². The Morgan fingerprint density at radius 2 is 1.74 bits per heavy atom. The van der Waals surface area contributed by atoms with E-state index in [1.807, 2.05) is 38.1 Å².